The number of aromatic nitrogens is 3. The molecule has 3 aromatic rings. The van der Waals surface area contributed by atoms with Gasteiger partial charge in [-0.05, 0) is 31.0 Å². The smallest absolute Gasteiger partial charge is 0.259 e. The molecule has 0 aromatic carbocycles. The average molecular weight is 361 g/mol. The molecule has 0 aliphatic carbocycles. The van der Waals surface area contributed by atoms with Crippen molar-refractivity contribution in [1.29, 1.82) is 5.26 Å². The van der Waals surface area contributed by atoms with E-state index in [0.717, 1.165) is 25.9 Å². The van der Waals surface area contributed by atoms with Crippen LogP contribution in [0.1, 0.15) is 18.4 Å². The van der Waals surface area contributed by atoms with E-state index in [2.05, 4.69) is 20.9 Å². The van der Waals surface area contributed by atoms with Crippen molar-refractivity contribution in [2.45, 2.75) is 12.8 Å². The number of anilines is 1. The highest BCUT2D eigenvalue weighted by Gasteiger charge is 2.22. The van der Waals surface area contributed by atoms with Crippen molar-refractivity contribution in [3.8, 4) is 11.9 Å². The summed E-state index contributed by atoms with van der Waals surface area (Å²) in [5, 5.41) is 8.96. The molecule has 0 amide bonds. The van der Waals surface area contributed by atoms with Gasteiger partial charge in [-0.1, -0.05) is 6.07 Å². The minimum atomic E-state index is -0.0773. The highest BCUT2D eigenvalue weighted by molar-refractivity contribution is 5.48. The third-order valence-electron chi connectivity index (χ3n) is 4.73. The molecular formula is C20H19N5O2. The molecule has 0 radical (unpaired) electrons. The van der Waals surface area contributed by atoms with Crippen LogP contribution in [-0.4, -0.2) is 34.1 Å². The van der Waals surface area contributed by atoms with Gasteiger partial charge in [-0.3, -0.25) is 9.20 Å². The van der Waals surface area contributed by atoms with Gasteiger partial charge in [0.25, 0.3) is 5.56 Å². The van der Waals surface area contributed by atoms with Crippen LogP contribution in [0.2, 0.25) is 0 Å². The molecule has 1 aliphatic rings. The van der Waals surface area contributed by atoms with Crippen LogP contribution in [0.25, 0.3) is 5.65 Å². The quantitative estimate of drug-likeness (QED) is 0.709. The summed E-state index contributed by atoms with van der Waals surface area (Å²) in [5.41, 5.74) is 1.11. The zero-order chi connectivity index (χ0) is 18.6. The van der Waals surface area contributed by atoms with Crippen LogP contribution in [0.5, 0.6) is 5.88 Å². The Hall–Kier alpha value is -3.40. The first-order valence-corrected chi connectivity index (χ1v) is 8.95. The predicted molar refractivity (Wildman–Crippen MR) is 101 cm³/mol. The molecule has 3 aromatic heterocycles. The normalized spacial score (nSPS) is 16.9. The molecular weight excluding hydrogens is 342 g/mol. The average Bonchev–Trinajstić information content (AvgIpc) is 2.72. The lowest BCUT2D eigenvalue weighted by Crippen LogP contribution is -2.39. The topological polar surface area (TPSA) is 83.5 Å². The Labute approximate surface area is 156 Å². The molecule has 4 rings (SSSR count). The van der Waals surface area contributed by atoms with Gasteiger partial charge in [-0.25, -0.2) is 9.97 Å². The van der Waals surface area contributed by atoms with Crippen molar-refractivity contribution in [2.24, 2.45) is 5.92 Å². The van der Waals surface area contributed by atoms with E-state index in [-0.39, 0.29) is 5.56 Å². The zero-order valence-corrected chi connectivity index (χ0v) is 14.8. The number of hydrogen-bond donors (Lipinski definition) is 0. The molecule has 1 unspecified atom stereocenters. The van der Waals surface area contributed by atoms with Crippen molar-refractivity contribution >= 4 is 11.5 Å². The van der Waals surface area contributed by atoms with Crippen LogP contribution >= 0.6 is 0 Å². The standard InChI is InChI=1S/C20H19N5O2/c21-12-15-6-7-22-19(10-15)27-14-16-4-3-8-24(13-16)18-11-20(26)25-9-2-1-5-17(25)23-18/h1-2,5-7,9-11,16H,3-4,8,13-14H2. The van der Waals surface area contributed by atoms with Crippen molar-refractivity contribution in [3.63, 3.8) is 0 Å². The van der Waals surface area contributed by atoms with Crippen molar-refractivity contribution in [3.05, 3.63) is 64.7 Å². The summed E-state index contributed by atoms with van der Waals surface area (Å²) in [4.78, 5) is 23.3. The number of pyridine rings is 2. The molecule has 0 saturated carbocycles. The molecule has 0 N–H and O–H groups in total. The molecule has 7 nitrogen and oxygen atoms in total. The fourth-order valence-corrected chi connectivity index (χ4v) is 3.37. The zero-order valence-electron chi connectivity index (χ0n) is 14.8. The molecule has 27 heavy (non-hydrogen) atoms. The Morgan fingerprint density at radius 3 is 3.11 bits per heavy atom. The molecule has 136 valence electrons. The maximum Gasteiger partial charge on any atom is 0.259 e. The van der Waals surface area contributed by atoms with Crippen LogP contribution in [0.15, 0.2) is 53.6 Å². The fourth-order valence-electron chi connectivity index (χ4n) is 3.37. The van der Waals surface area contributed by atoms with Crippen molar-refractivity contribution < 1.29 is 4.74 Å². The van der Waals surface area contributed by atoms with E-state index < -0.39 is 0 Å². The van der Waals surface area contributed by atoms with Gasteiger partial charge in [-0.2, -0.15) is 5.26 Å². The third kappa shape index (κ3) is 3.75. The summed E-state index contributed by atoms with van der Waals surface area (Å²) in [6.07, 6.45) is 5.35. The summed E-state index contributed by atoms with van der Waals surface area (Å²) in [7, 11) is 0. The van der Waals surface area contributed by atoms with Crippen LogP contribution in [0, 0.1) is 17.2 Å². The number of fused-ring (bicyclic) bond motifs is 1. The van der Waals surface area contributed by atoms with E-state index in [4.69, 9.17) is 10.00 Å². The Morgan fingerprint density at radius 2 is 2.22 bits per heavy atom. The van der Waals surface area contributed by atoms with Gasteiger partial charge in [0.2, 0.25) is 5.88 Å². The van der Waals surface area contributed by atoms with Crippen LogP contribution in [0.4, 0.5) is 5.82 Å². The lowest BCUT2D eigenvalue weighted by Gasteiger charge is -2.33. The van der Waals surface area contributed by atoms with Gasteiger partial charge >= 0.3 is 0 Å². The second kappa shape index (κ2) is 7.46. The van der Waals surface area contributed by atoms with E-state index in [1.165, 1.54) is 0 Å². The van der Waals surface area contributed by atoms with Gasteiger partial charge in [0, 0.05) is 43.5 Å². The van der Waals surface area contributed by atoms with Gasteiger partial charge in [0.05, 0.1) is 18.2 Å². The van der Waals surface area contributed by atoms with E-state index in [1.807, 2.05) is 18.2 Å². The molecule has 1 fully saturated rings. The van der Waals surface area contributed by atoms with E-state index in [1.54, 1.807) is 35.0 Å². The lowest BCUT2D eigenvalue weighted by molar-refractivity contribution is 0.221. The number of piperidine rings is 1. The first-order valence-electron chi connectivity index (χ1n) is 8.95. The predicted octanol–water partition coefficient (Wildman–Crippen LogP) is 2.26. The molecule has 0 bridgehead atoms. The van der Waals surface area contributed by atoms with Crippen LogP contribution < -0.4 is 15.2 Å². The summed E-state index contributed by atoms with van der Waals surface area (Å²) in [6, 6.07) is 12.5. The maximum atomic E-state index is 12.3. The lowest BCUT2D eigenvalue weighted by atomic mass is 9.99. The van der Waals surface area contributed by atoms with Gasteiger partial charge in [-0.15, -0.1) is 0 Å². The Kier molecular flexibility index (Phi) is 4.71. The molecule has 1 atom stereocenters. The van der Waals surface area contributed by atoms with Crippen LogP contribution in [-0.2, 0) is 0 Å². The minimum Gasteiger partial charge on any atom is -0.477 e. The van der Waals surface area contributed by atoms with E-state index >= 15 is 0 Å². The van der Waals surface area contributed by atoms with Crippen LogP contribution in [0.3, 0.4) is 0 Å². The van der Waals surface area contributed by atoms with E-state index in [0.29, 0.717) is 35.4 Å². The second-order valence-corrected chi connectivity index (χ2v) is 6.64. The second-order valence-electron chi connectivity index (χ2n) is 6.64. The highest BCUT2D eigenvalue weighted by atomic mass is 16.5. The Balaban J connectivity index is 1.46. The Morgan fingerprint density at radius 1 is 1.30 bits per heavy atom. The summed E-state index contributed by atoms with van der Waals surface area (Å²) < 4.78 is 7.33. The van der Waals surface area contributed by atoms with Gasteiger partial charge < -0.3 is 9.64 Å². The molecule has 7 heteroatoms. The first-order chi connectivity index (χ1) is 13.2. The number of ether oxygens (including phenoxy) is 1. The maximum absolute atomic E-state index is 12.3. The Bertz CT molecular complexity index is 1060. The summed E-state index contributed by atoms with van der Waals surface area (Å²) in [5.74, 6) is 1.48. The SMILES string of the molecule is N#Cc1ccnc(OCC2CCCN(c3cc(=O)n4ccccc4n3)C2)c1. The monoisotopic (exact) mass is 361 g/mol. The number of nitrogens with zero attached hydrogens (tertiary/aromatic N) is 5. The molecule has 1 aliphatic heterocycles. The van der Waals surface area contributed by atoms with E-state index in [9.17, 15) is 4.79 Å². The molecule has 0 spiro atoms. The summed E-state index contributed by atoms with van der Waals surface area (Å²) in [6.45, 7) is 2.16. The summed E-state index contributed by atoms with van der Waals surface area (Å²) >= 11 is 0. The van der Waals surface area contributed by atoms with Gasteiger partial charge in [0.1, 0.15) is 11.5 Å². The minimum absolute atomic E-state index is 0.0773. The van der Waals surface area contributed by atoms with Crippen molar-refractivity contribution in [2.75, 3.05) is 24.6 Å². The number of hydrogen-bond acceptors (Lipinski definition) is 6. The highest BCUT2D eigenvalue weighted by Crippen LogP contribution is 2.22. The molecule has 4 heterocycles. The number of nitriles is 1. The largest absolute Gasteiger partial charge is 0.477 e. The van der Waals surface area contributed by atoms with Gasteiger partial charge in [0.15, 0.2) is 0 Å². The molecule has 1 saturated heterocycles. The third-order valence-corrected chi connectivity index (χ3v) is 4.73. The first kappa shape index (κ1) is 17.0. The fraction of sp³-hybridized carbons (Fsp3) is 0.300. The van der Waals surface area contributed by atoms with Crippen molar-refractivity contribution in [1.82, 2.24) is 14.4 Å². The number of rotatable bonds is 4.